The Morgan fingerprint density at radius 1 is 0.909 bits per heavy atom. The fourth-order valence-electron chi connectivity index (χ4n) is 2.39. The summed E-state index contributed by atoms with van der Waals surface area (Å²) in [6.07, 6.45) is 2.29. The van der Waals surface area contributed by atoms with Gasteiger partial charge in [-0.3, -0.25) is 4.90 Å². The first-order valence-electron chi connectivity index (χ1n) is 7.93. The maximum absolute atomic E-state index is 2.44. The lowest BCUT2D eigenvalue weighted by Gasteiger charge is -2.18. The van der Waals surface area contributed by atoms with Gasteiger partial charge in [-0.1, -0.05) is 67.6 Å². The topological polar surface area (TPSA) is 3.24 Å². The highest BCUT2D eigenvalue weighted by Crippen LogP contribution is 2.27. The van der Waals surface area contributed by atoms with E-state index >= 15 is 0 Å². The van der Waals surface area contributed by atoms with Gasteiger partial charge >= 0.3 is 0 Å². The summed E-state index contributed by atoms with van der Waals surface area (Å²) in [6.45, 7) is 9.90. The summed E-state index contributed by atoms with van der Waals surface area (Å²) < 4.78 is 0. The molecule has 2 aromatic carbocycles. The minimum Gasteiger partial charge on any atom is -0.300 e. The molecule has 0 saturated heterocycles. The van der Waals surface area contributed by atoms with Crippen LogP contribution in [-0.4, -0.2) is 24.5 Å². The van der Waals surface area contributed by atoms with E-state index in [2.05, 4.69) is 86.3 Å². The first kappa shape index (κ1) is 16.9. The fourth-order valence-corrected chi connectivity index (χ4v) is 3.22. The van der Waals surface area contributed by atoms with Crippen molar-refractivity contribution in [3.8, 4) is 0 Å². The van der Waals surface area contributed by atoms with Gasteiger partial charge in [0.1, 0.15) is 0 Å². The molecule has 116 valence electrons. The SMILES string of the molecule is CCN(CC)CC(C)=Cc1ccc(Sc2ccccc2)cc1. The van der Waals surface area contributed by atoms with E-state index in [4.69, 9.17) is 0 Å². The zero-order valence-corrected chi connectivity index (χ0v) is 14.6. The van der Waals surface area contributed by atoms with Gasteiger partial charge in [0.05, 0.1) is 0 Å². The van der Waals surface area contributed by atoms with E-state index in [1.165, 1.54) is 20.9 Å². The van der Waals surface area contributed by atoms with E-state index in [-0.39, 0.29) is 0 Å². The summed E-state index contributed by atoms with van der Waals surface area (Å²) in [4.78, 5) is 5.00. The van der Waals surface area contributed by atoms with Crippen LogP contribution in [0.1, 0.15) is 26.3 Å². The molecule has 0 aliphatic rings. The van der Waals surface area contributed by atoms with Crippen molar-refractivity contribution in [3.05, 3.63) is 65.7 Å². The number of rotatable bonds is 7. The van der Waals surface area contributed by atoms with Crippen molar-refractivity contribution < 1.29 is 0 Å². The van der Waals surface area contributed by atoms with Gasteiger partial charge in [0.2, 0.25) is 0 Å². The van der Waals surface area contributed by atoms with Gasteiger partial charge in [-0.25, -0.2) is 0 Å². The first-order chi connectivity index (χ1) is 10.7. The number of nitrogens with zero attached hydrogens (tertiary/aromatic N) is 1. The van der Waals surface area contributed by atoms with Crippen LogP contribution in [0, 0.1) is 0 Å². The Bertz CT molecular complexity index is 583. The molecule has 0 spiro atoms. The Kier molecular flexibility index (Phi) is 6.75. The molecule has 0 saturated carbocycles. The third-order valence-electron chi connectivity index (χ3n) is 3.64. The molecule has 0 atom stereocenters. The van der Waals surface area contributed by atoms with Crippen LogP contribution in [0.3, 0.4) is 0 Å². The molecule has 2 heteroatoms. The fraction of sp³-hybridized carbons (Fsp3) is 0.300. The number of hydrogen-bond acceptors (Lipinski definition) is 2. The molecule has 0 aliphatic heterocycles. The first-order valence-corrected chi connectivity index (χ1v) is 8.75. The Morgan fingerprint density at radius 3 is 2.09 bits per heavy atom. The van der Waals surface area contributed by atoms with Crippen molar-refractivity contribution in [2.24, 2.45) is 0 Å². The molecule has 0 amide bonds. The summed E-state index contributed by atoms with van der Waals surface area (Å²) in [5.41, 5.74) is 2.69. The van der Waals surface area contributed by atoms with Gasteiger partial charge in [0.25, 0.3) is 0 Å². The molecular formula is C20H25NS. The van der Waals surface area contributed by atoms with Crippen LogP contribution in [0.5, 0.6) is 0 Å². The van der Waals surface area contributed by atoms with Crippen LogP contribution >= 0.6 is 11.8 Å². The van der Waals surface area contributed by atoms with E-state index in [0.29, 0.717) is 0 Å². The third kappa shape index (κ3) is 5.36. The van der Waals surface area contributed by atoms with Crippen molar-refractivity contribution in [3.63, 3.8) is 0 Å². The van der Waals surface area contributed by atoms with Crippen LogP contribution in [0.4, 0.5) is 0 Å². The average molecular weight is 311 g/mol. The minimum absolute atomic E-state index is 1.05. The molecule has 0 N–H and O–H groups in total. The molecular weight excluding hydrogens is 286 g/mol. The van der Waals surface area contributed by atoms with Crippen LogP contribution in [0.2, 0.25) is 0 Å². The Hall–Kier alpha value is -1.51. The predicted octanol–water partition coefficient (Wildman–Crippen LogP) is 5.58. The van der Waals surface area contributed by atoms with Crippen molar-refractivity contribution >= 4 is 17.8 Å². The molecule has 2 aromatic rings. The third-order valence-corrected chi connectivity index (χ3v) is 4.66. The summed E-state index contributed by atoms with van der Waals surface area (Å²) in [7, 11) is 0. The Labute approximate surface area is 139 Å². The van der Waals surface area contributed by atoms with E-state index in [1.54, 1.807) is 11.8 Å². The lowest BCUT2D eigenvalue weighted by atomic mass is 10.1. The van der Waals surface area contributed by atoms with E-state index < -0.39 is 0 Å². The summed E-state index contributed by atoms with van der Waals surface area (Å²) in [5, 5.41) is 0. The van der Waals surface area contributed by atoms with Crippen molar-refractivity contribution in [1.82, 2.24) is 4.90 Å². The second kappa shape index (κ2) is 8.82. The van der Waals surface area contributed by atoms with Crippen LogP contribution in [0.15, 0.2) is 70.0 Å². The molecule has 0 radical (unpaired) electrons. The molecule has 0 unspecified atom stereocenters. The highest BCUT2D eigenvalue weighted by Gasteiger charge is 2.01. The van der Waals surface area contributed by atoms with Gasteiger partial charge < -0.3 is 0 Å². The minimum atomic E-state index is 1.05. The lowest BCUT2D eigenvalue weighted by Crippen LogP contribution is -2.24. The largest absolute Gasteiger partial charge is 0.300 e. The van der Waals surface area contributed by atoms with Gasteiger partial charge in [-0.15, -0.1) is 0 Å². The van der Waals surface area contributed by atoms with Crippen molar-refractivity contribution in [1.29, 1.82) is 0 Å². The quantitative estimate of drug-likeness (QED) is 0.656. The molecule has 2 rings (SSSR count). The zero-order chi connectivity index (χ0) is 15.8. The van der Waals surface area contributed by atoms with E-state index in [9.17, 15) is 0 Å². The molecule has 0 fully saturated rings. The predicted molar refractivity (Wildman–Crippen MR) is 98.4 cm³/mol. The number of hydrogen-bond donors (Lipinski definition) is 0. The molecule has 22 heavy (non-hydrogen) atoms. The molecule has 0 aromatic heterocycles. The maximum atomic E-state index is 2.44. The highest BCUT2D eigenvalue weighted by atomic mass is 32.2. The average Bonchev–Trinajstić information content (AvgIpc) is 2.55. The van der Waals surface area contributed by atoms with Gasteiger partial charge in [-0.05, 0) is 49.8 Å². The maximum Gasteiger partial charge on any atom is 0.0193 e. The van der Waals surface area contributed by atoms with Gasteiger partial charge in [-0.2, -0.15) is 0 Å². The monoisotopic (exact) mass is 311 g/mol. The van der Waals surface area contributed by atoms with Crippen LogP contribution < -0.4 is 0 Å². The number of likely N-dealkylation sites (N-methyl/N-ethyl adjacent to an activating group) is 1. The van der Waals surface area contributed by atoms with Crippen LogP contribution in [0.25, 0.3) is 6.08 Å². The standard InChI is InChI=1S/C20H25NS/c1-4-21(5-2)16-17(3)15-18-11-13-20(14-12-18)22-19-9-7-6-8-10-19/h6-15H,4-5,16H2,1-3H3. The summed E-state index contributed by atoms with van der Waals surface area (Å²) in [5.74, 6) is 0. The van der Waals surface area contributed by atoms with E-state index in [0.717, 1.165) is 19.6 Å². The normalized spacial score (nSPS) is 11.9. The van der Waals surface area contributed by atoms with Crippen molar-refractivity contribution in [2.45, 2.75) is 30.6 Å². The van der Waals surface area contributed by atoms with Crippen LogP contribution in [-0.2, 0) is 0 Å². The summed E-state index contributed by atoms with van der Waals surface area (Å²) >= 11 is 1.80. The Balaban J connectivity index is 1.99. The summed E-state index contributed by atoms with van der Waals surface area (Å²) in [6, 6.07) is 19.3. The molecule has 0 aliphatic carbocycles. The molecule has 0 heterocycles. The second-order valence-electron chi connectivity index (χ2n) is 5.44. The van der Waals surface area contributed by atoms with E-state index in [1.807, 2.05) is 0 Å². The Morgan fingerprint density at radius 2 is 1.50 bits per heavy atom. The van der Waals surface area contributed by atoms with Gasteiger partial charge in [0, 0.05) is 16.3 Å². The molecule has 0 bridgehead atoms. The molecule has 1 nitrogen and oxygen atoms in total. The lowest BCUT2D eigenvalue weighted by molar-refractivity contribution is 0.330. The van der Waals surface area contributed by atoms with Gasteiger partial charge in [0.15, 0.2) is 0 Å². The number of benzene rings is 2. The smallest absolute Gasteiger partial charge is 0.0193 e. The van der Waals surface area contributed by atoms with Crippen molar-refractivity contribution in [2.75, 3.05) is 19.6 Å². The zero-order valence-electron chi connectivity index (χ0n) is 13.8. The highest BCUT2D eigenvalue weighted by molar-refractivity contribution is 7.99. The second-order valence-corrected chi connectivity index (χ2v) is 6.58.